The van der Waals surface area contributed by atoms with Gasteiger partial charge in [0.05, 0.1) is 0 Å². The van der Waals surface area contributed by atoms with Crippen molar-refractivity contribution in [1.82, 2.24) is 10.6 Å². The monoisotopic (exact) mass is 338 g/mol. The molecule has 0 spiro atoms. The molecule has 1 aromatic rings. The van der Waals surface area contributed by atoms with Crippen LogP contribution < -0.4 is 10.6 Å². The summed E-state index contributed by atoms with van der Waals surface area (Å²) in [4.78, 5) is 11.9. The number of amides is 1. The molecule has 1 atom stereocenters. The van der Waals surface area contributed by atoms with Gasteiger partial charge in [-0.3, -0.25) is 0 Å². The minimum absolute atomic E-state index is 0.140. The van der Waals surface area contributed by atoms with Gasteiger partial charge in [-0.1, -0.05) is 23.7 Å². The molecule has 0 radical (unpaired) electrons. The third-order valence-corrected chi connectivity index (χ3v) is 4.30. The van der Waals surface area contributed by atoms with Gasteiger partial charge in [-0.15, -0.1) is 0 Å². The van der Waals surface area contributed by atoms with Gasteiger partial charge >= 0.3 is 6.09 Å². The summed E-state index contributed by atoms with van der Waals surface area (Å²) in [5, 5.41) is 7.23. The smallest absolute Gasteiger partial charge is 0.407 e. The van der Waals surface area contributed by atoms with E-state index in [0.29, 0.717) is 12.5 Å². The van der Waals surface area contributed by atoms with Crippen molar-refractivity contribution in [1.29, 1.82) is 0 Å². The molecule has 1 amide bonds. The van der Waals surface area contributed by atoms with Crippen molar-refractivity contribution in [2.24, 2.45) is 5.92 Å². The fourth-order valence-electron chi connectivity index (χ4n) is 2.59. The van der Waals surface area contributed by atoms with E-state index in [4.69, 9.17) is 16.3 Å². The second-order valence-electron chi connectivity index (χ2n) is 7.53. The number of carbonyl (C=O) groups excluding carboxylic acids is 1. The highest BCUT2D eigenvalue weighted by Crippen LogP contribution is 2.39. The highest BCUT2D eigenvalue weighted by atomic mass is 35.5. The Hall–Kier alpha value is -1.26. The third kappa shape index (κ3) is 6.04. The predicted octanol–water partition coefficient (Wildman–Crippen LogP) is 4.12. The van der Waals surface area contributed by atoms with Crippen molar-refractivity contribution in [3.63, 3.8) is 0 Å². The zero-order valence-electron chi connectivity index (χ0n) is 14.4. The van der Waals surface area contributed by atoms with Crippen LogP contribution in [0.3, 0.4) is 0 Å². The number of nitrogens with one attached hydrogen (secondary N) is 2. The minimum Gasteiger partial charge on any atom is -0.444 e. The van der Waals surface area contributed by atoms with Gasteiger partial charge in [0.15, 0.2) is 0 Å². The van der Waals surface area contributed by atoms with E-state index in [9.17, 15) is 4.79 Å². The van der Waals surface area contributed by atoms with Gasteiger partial charge in [0.25, 0.3) is 0 Å². The SMILES string of the molecule is CC(C)(C)OC(=O)NCC(C)(NCc1cccc(Cl)c1)C1CC1. The van der Waals surface area contributed by atoms with Gasteiger partial charge in [-0.25, -0.2) is 4.79 Å². The summed E-state index contributed by atoms with van der Waals surface area (Å²) >= 11 is 6.03. The Morgan fingerprint density at radius 1 is 1.30 bits per heavy atom. The van der Waals surface area contributed by atoms with Crippen LogP contribution >= 0.6 is 11.6 Å². The number of hydrogen-bond acceptors (Lipinski definition) is 3. The van der Waals surface area contributed by atoms with Gasteiger partial charge in [0, 0.05) is 23.7 Å². The second kappa shape index (κ2) is 7.10. The van der Waals surface area contributed by atoms with Gasteiger partial charge < -0.3 is 15.4 Å². The van der Waals surface area contributed by atoms with E-state index in [1.807, 2.05) is 45.0 Å². The number of carbonyl (C=O) groups is 1. The number of benzene rings is 1. The molecule has 0 saturated heterocycles. The molecule has 0 aliphatic heterocycles. The summed E-state index contributed by atoms with van der Waals surface area (Å²) in [5.74, 6) is 0.580. The van der Waals surface area contributed by atoms with Crippen molar-refractivity contribution >= 4 is 17.7 Å². The molecule has 0 bridgehead atoms. The first-order valence-electron chi connectivity index (χ1n) is 8.14. The Morgan fingerprint density at radius 3 is 2.57 bits per heavy atom. The van der Waals surface area contributed by atoms with Crippen LogP contribution in [0.5, 0.6) is 0 Å². The molecule has 1 fully saturated rings. The van der Waals surface area contributed by atoms with Crippen LogP contribution in [0.25, 0.3) is 0 Å². The summed E-state index contributed by atoms with van der Waals surface area (Å²) in [7, 11) is 0. The van der Waals surface area contributed by atoms with Gasteiger partial charge in [-0.2, -0.15) is 0 Å². The molecule has 1 aliphatic carbocycles. The van der Waals surface area contributed by atoms with Crippen LogP contribution in [0.15, 0.2) is 24.3 Å². The van der Waals surface area contributed by atoms with E-state index in [1.165, 1.54) is 12.8 Å². The van der Waals surface area contributed by atoms with Crippen LogP contribution in [0.1, 0.15) is 46.1 Å². The van der Waals surface area contributed by atoms with Crippen LogP contribution in [0.4, 0.5) is 4.79 Å². The average Bonchev–Trinajstić information content (AvgIpc) is 3.26. The molecule has 1 unspecified atom stereocenters. The van der Waals surface area contributed by atoms with Crippen molar-refractivity contribution in [3.05, 3.63) is 34.9 Å². The summed E-state index contributed by atoms with van der Waals surface area (Å²) in [6.07, 6.45) is 2.01. The highest BCUT2D eigenvalue weighted by molar-refractivity contribution is 6.30. The largest absolute Gasteiger partial charge is 0.444 e. The second-order valence-corrected chi connectivity index (χ2v) is 7.97. The molecule has 2 N–H and O–H groups in total. The molecule has 128 valence electrons. The topological polar surface area (TPSA) is 50.4 Å². The lowest BCUT2D eigenvalue weighted by molar-refractivity contribution is 0.0507. The summed E-state index contributed by atoms with van der Waals surface area (Å²) in [5.41, 5.74) is 0.523. The van der Waals surface area contributed by atoms with Crippen molar-refractivity contribution in [2.75, 3.05) is 6.54 Å². The van der Waals surface area contributed by atoms with E-state index < -0.39 is 5.60 Å². The standard InChI is InChI=1S/C18H27ClN2O2/c1-17(2,3)23-16(22)20-12-18(4,14-8-9-14)21-11-13-6-5-7-15(19)10-13/h5-7,10,14,21H,8-9,11-12H2,1-4H3,(H,20,22). The average molecular weight is 339 g/mol. The van der Waals surface area contributed by atoms with Crippen molar-refractivity contribution in [3.8, 4) is 0 Å². The quantitative estimate of drug-likeness (QED) is 0.820. The first kappa shape index (κ1) is 18.1. The molecule has 0 heterocycles. The first-order valence-corrected chi connectivity index (χ1v) is 8.52. The molecule has 4 nitrogen and oxygen atoms in total. The lowest BCUT2D eigenvalue weighted by Gasteiger charge is -2.32. The van der Waals surface area contributed by atoms with Crippen LogP contribution in [-0.4, -0.2) is 23.8 Å². The number of alkyl carbamates (subject to hydrolysis) is 1. The van der Waals surface area contributed by atoms with Gasteiger partial charge in [0.2, 0.25) is 0 Å². The maximum absolute atomic E-state index is 11.9. The first-order chi connectivity index (χ1) is 10.7. The Balaban J connectivity index is 1.90. The predicted molar refractivity (Wildman–Crippen MR) is 93.7 cm³/mol. The summed E-state index contributed by atoms with van der Waals surface area (Å²) in [6, 6.07) is 7.83. The number of halogens is 1. The Labute approximate surface area is 143 Å². The van der Waals surface area contributed by atoms with Crippen LogP contribution in [0.2, 0.25) is 5.02 Å². The Kier molecular flexibility index (Phi) is 5.58. The fraction of sp³-hybridized carbons (Fsp3) is 0.611. The molecule has 0 aromatic heterocycles. The number of hydrogen-bond donors (Lipinski definition) is 2. The number of rotatable bonds is 6. The van der Waals surface area contributed by atoms with E-state index in [2.05, 4.69) is 17.6 Å². The third-order valence-electron chi connectivity index (χ3n) is 4.06. The van der Waals surface area contributed by atoms with Crippen LogP contribution in [0, 0.1) is 5.92 Å². The zero-order chi connectivity index (χ0) is 17.1. The summed E-state index contributed by atoms with van der Waals surface area (Å²) in [6.45, 7) is 9.03. The molecule has 2 rings (SSSR count). The lowest BCUT2D eigenvalue weighted by atomic mass is 9.95. The Bertz CT molecular complexity index is 552. The van der Waals surface area contributed by atoms with E-state index >= 15 is 0 Å². The normalized spacial score (nSPS) is 17.4. The molecule has 1 aliphatic rings. The van der Waals surface area contributed by atoms with Crippen LogP contribution in [-0.2, 0) is 11.3 Å². The molecular formula is C18H27ClN2O2. The Morgan fingerprint density at radius 2 is 2.00 bits per heavy atom. The lowest BCUT2D eigenvalue weighted by Crippen LogP contribution is -2.53. The fourth-order valence-corrected chi connectivity index (χ4v) is 2.81. The molecule has 1 aromatic carbocycles. The molecule has 1 saturated carbocycles. The zero-order valence-corrected chi connectivity index (χ0v) is 15.2. The molecular weight excluding hydrogens is 312 g/mol. The highest BCUT2D eigenvalue weighted by Gasteiger charge is 2.41. The van der Waals surface area contributed by atoms with Crippen molar-refractivity contribution < 1.29 is 9.53 Å². The molecule has 23 heavy (non-hydrogen) atoms. The van der Waals surface area contributed by atoms with Gasteiger partial charge in [0.1, 0.15) is 5.60 Å². The van der Waals surface area contributed by atoms with Crippen molar-refractivity contribution in [2.45, 2.75) is 58.2 Å². The summed E-state index contributed by atoms with van der Waals surface area (Å²) < 4.78 is 5.32. The van der Waals surface area contributed by atoms with E-state index in [0.717, 1.165) is 17.1 Å². The maximum atomic E-state index is 11.9. The minimum atomic E-state index is -0.478. The number of ether oxygens (including phenoxy) is 1. The maximum Gasteiger partial charge on any atom is 0.407 e. The molecule has 5 heteroatoms. The van der Waals surface area contributed by atoms with E-state index in [1.54, 1.807) is 0 Å². The van der Waals surface area contributed by atoms with Gasteiger partial charge in [-0.05, 0) is 64.2 Å². The van der Waals surface area contributed by atoms with E-state index in [-0.39, 0.29) is 11.6 Å².